The number of aromatic amines is 1. The maximum Gasteiger partial charge on any atom is 0.189 e. The van der Waals surface area contributed by atoms with Crippen LogP contribution in [0.15, 0.2) is 21.4 Å². The van der Waals surface area contributed by atoms with Gasteiger partial charge in [0, 0.05) is 21.6 Å². The quantitative estimate of drug-likeness (QED) is 0.820. The summed E-state index contributed by atoms with van der Waals surface area (Å²) in [6.45, 7) is 4.07. The molecule has 100 valence electrons. The summed E-state index contributed by atoms with van der Waals surface area (Å²) >= 11 is 3.57. The first-order valence-electron chi connectivity index (χ1n) is 6.90. The number of H-pyrrole nitrogens is 1. The SMILES string of the molecule is Cc1cc2[nH]c(C3CCCC3)cc(=O)c2c(C)c1Br. The smallest absolute Gasteiger partial charge is 0.189 e. The predicted molar refractivity (Wildman–Crippen MR) is 83.0 cm³/mol. The van der Waals surface area contributed by atoms with Crippen molar-refractivity contribution >= 4 is 26.8 Å². The minimum absolute atomic E-state index is 0.147. The maximum atomic E-state index is 12.4. The maximum absolute atomic E-state index is 12.4. The molecule has 0 atom stereocenters. The van der Waals surface area contributed by atoms with Crippen LogP contribution in [0.1, 0.15) is 48.4 Å². The zero-order chi connectivity index (χ0) is 13.6. The number of aromatic nitrogens is 1. The highest BCUT2D eigenvalue weighted by atomic mass is 79.9. The Labute approximate surface area is 121 Å². The van der Waals surface area contributed by atoms with E-state index in [2.05, 4.69) is 33.9 Å². The molecular formula is C16H18BrNO. The van der Waals surface area contributed by atoms with Gasteiger partial charge in [0.05, 0.1) is 5.52 Å². The van der Waals surface area contributed by atoms with Crippen LogP contribution in [0.2, 0.25) is 0 Å². The molecule has 0 bridgehead atoms. The Hall–Kier alpha value is -1.09. The van der Waals surface area contributed by atoms with Gasteiger partial charge in [0.25, 0.3) is 0 Å². The Bertz CT molecular complexity index is 696. The van der Waals surface area contributed by atoms with Gasteiger partial charge < -0.3 is 4.98 Å². The van der Waals surface area contributed by atoms with Crippen LogP contribution in [0, 0.1) is 13.8 Å². The van der Waals surface area contributed by atoms with Crippen LogP contribution in [-0.2, 0) is 0 Å². The van der Waals surface area contributed by atoms with Crippen molar-refractivity contribution in [2.24, 2.45) is 0 Å². The van der Waals surface area contributed by atoms with E-state index in [1.54, 1.807) is 0 Å². The first kappa shape index (κ1) is 12.9. The lowest BCUT2D eigenvalue weighted by Gasteiger charge is -2.13. The van der Waals surface area contributed by atoms with Crippen molar-refractivity contribution in [3.63, 3.8) is 0 Å². The summed E-state index contributed by atoms with van der Waals surface area (Å²) in [6.07, 6.45) is 4.97. The van der Waals surface area contributed by atoms with Gasteiger partial charge in [0.15, 0.2) is 5.43 Å². The molecule has 2 nitrogen and oxygen atoms in total. The molecule has 1 fully saturated rings. The van der Waals surface area contributed by atoms with Gasteiger partial charge in [-0.1, -0.05) is 28.8 Å². The molecule has 0 aliphatic heterocycles. The number of nitrogens with one attached hydrogen (secondary N) is 1. The topological polar surface area (TPSA) is 32.9 Å². The largest absolute Gasteiger partial charge is 0.358 e. The van der Waals surface area contributed by atoms with Crippen LogP contribution in [0.5, 0.6) is 0 Å². The molecule has 1 heterocycles. The van der Waals surface area contributed by atoms with E-state index in [1.807, 2.05) is 13.0 Å². The Kier molecular flexibility index (Phi) is 3.25. The molecule has 2 aromatic rings. The summed E-state index contributed by atoms with van der Waals surface area (Å²) < 4.78 is 1.04. The molecule has 1 aliphatic carbocycles. The first-order valence-corrected chi connectivity index (χ1v) is 7.70. The third kappa shape index (κ3) is 2.14. The van der Waals surface area contributed by atoms with Crippen LogP contribution >= 0.6 is 15.9 Å². The second-order valence-corrected chi connectivity index (χ2v) is 6.42. The highest BCUT2D eigenvalue weighted by molar-refractivity contribution is 9.10. The number of hydrogen-bond donors (Lipinski definition) is 1. The van der Waals surface area contributed by atoms with E-state index in [-0.39, 0.29) is 5.43 Å². The third-order valence-corrected chi connectivity index (χ3v) is 5.51. The number of hydrogen-bond acceptors (Lipinski definition) is 1. The van der Waals surface area contributed by atoms with E-state index in [9.17, 15) is 4.79 Å². The summed E-state index contributed by atoms with van der Waals surface area (Å²) in [5.41, 5.74) is 4.45. The van der Waals surface area contributed by atoms with Gasteiger partial charge in [0.1, 0.15) is 0 Å². The number of halogens is 1. The molecule has 1 aromatic heterocycles. The van der Waals surface area contributed by atoms with Gasteiger partial charge in [-0.05, 0) is 49.8 Å². The van der Waals surface area contributed by atoms with Crippen molar-refractivity contribution in [3.05, 3.63) is 43.6 Å². The van der Waals surface area contributed by atoms with Gasteiger partial charge in [-0.15, -0.1) is 0 Å². The van der Waals surface area contributed by atoms with E-state index in [0.29, 0.717) is 5.92 Å². The molecule has 1 aromatic carbocycles. The monoisotopic (exact) mass is 319 g/mol. The van der Waals surface area contributed by atoms with Crippen LogP contribution in [0.25, 0.3) is 10.9 Å². The van der Waals surface area contributed by atoms with Gasteiger partial charge in [-0.2, -0.15) is 0 Å². The fourth-order valence-corrected chi connectivity index (χ4v) is 3.55. The molecule has 0 amide bonds. The zero-order valence-corrected chi connectivity index (χ0v) is 12.9. The normalized spacial score (nSPS) is 16.4. The first-order chi connectivity index (χ1) is 9.08. The van der Waals surface area contributed by atoms with Crippen LogP contribution in [0.4, 0.5) is 0 Å². The van der Waals surface area contributed by atoms with Crippen molar-refractivity contribution in [1.29, 1.82) is 0 Å². The molecule has 19 heavy (non-hydrogen) atoms. The van der Waals surface area contributed by atoms with Crippen molar-refractivity contribution in [2.75, 3.05) is 0 Å². The number of benzene rings is 1. The standard InChI is InChI=1S/C16H18BrNO/c1-9-7-13-15(10(2)16(9)17)14(19)8-12(18-13)11-5-3-4-6-11/h7-8,11H,3-6H2,1-2H3,(H,18,19). The van der Waals surface area contributed by atoms with Gasteiger partial charge in [-0.3, -0.25) is 4.79 Å². The van der Waals surface area contributed by atoms with E-state index < -0.39 is 0 Å². The molecule has 0 saturated heterocycles. The lowest BCUT2D eigenvalue weighted by molar-refractivity contribution is 0.700. The Morgan fingerprint density at radius 3 is 2.58 bits per heavy atom. The van der Waals surface area contributed by atoms with Crippen molar-refractivity contribution in [2.45, 2.75) is 45.4 Å². The summed E-state index contributed by atoms with van der Waals surface area (Å²) in [6, 6.07) is 3.89. The van der Waals surface area contributed by atoms with E-state index in [1.165, 1.54) is 31.2 Å². The number of fused-ring (bicyclic) bond motifs is 1. The Morgan fingerprint density at radius 2 is 1.89 bits per heavy atom. The molecule has 3 heteroatoms. The van der Waals surface area contributed by atoms with Crippen LogP contribution in [0.3, 0.4) is 0 Å². The highest BCUT2D eigenvalue weighted by Gasteiger charge is 2.19. The third-order valence-electron chi connectivity index (χ3n) is 4.29. The van der Waals surface area contributed by atoms with E-state index >= 15 is 0 Å². The van der Waals surface area contributed by atoms with Crippen molar-refractivity contribution < 1.29 is 0 Å². The zero-order valence-electron chi connectivity index (χ0n) is 11.3. The average molecular weight is 320 g/mol. The second kappa shape index (κ2) is 4.78. The molecule has 1 N–H and O–H groups in total. The van der Waals surface area contributed by atoms with Crippen LogP contribution in [-0.4, -0.2) is 4.98 Å². The van der Waals surface area contributed by atoms with E-state index in [0.717, 1.165) is 26.6 Å². The molecule has 1 saturated carbocycles. The lowest BCUT2D eigenvalue weighted by Crippen LogP contribution is -2.09. The molecular weight excluding hydrogens is 302 g/mol. The summed E-state index contributed by atoms with van der Waals surface area (Å²) in [5.74, 6) is 0.543. The average Bonchev–Trinajstić information content (AvgIpc) is 2.89. The van der Waals surface area contributed by atoms with E-state index in [4.69, 9.17) is 0 Å². The van der Waals surface area contributed by atoms with Gasteiger partial charge in [-0.25, -0.2) is 0 Å². The minimum Gasteiger partial charge on any atom is -0.358 e. The Balaban J connectivity index is 2.26. The van der Waals surface area contributed by atoms with Crippen molar-refractivity contribution in [1.82, 2.24) is 4.98 Å². The molecule has 3 rings (SSSR count). The number of aryl methyl sites for hydroxylation is 2. The molecule has 0 unspecified atom stereocenters. The van der Waals surface area contributed by atoms with Gasteiger partial charge in [0.2, 0.25) is 0 Å². The molecule has 0 spiro atoms. The van der Waals surface area contributed by atoms with Crippen molar-refractivity contribution in [3.8, 4) is 0 Å². The predicted octanol–water partition coefficient (Wildman–Crippen LogP) is 4.57. The lowest BCUT2D eigenvalue weighted by atomic mass is 10.00. The minimum atomic E-state index is 0.147. The summed E-state index contributed by atoms with van der Waals surface area (Å²) in [5, 5.41) is 0.819. The highest BCUT2D eigenvalue weighted by Crippen LogP contribution is 2.34. The number of pyridine rings is 1. The fraction of sp³-hybridized carbons (Fsp3) is 0.438. The summed E-state index contributed by atoms with van der Waals surface area (Å²) in [7, 11) is 0. The van der Waals surface area contributed by atoms with Gasteiger partial charge >= 0.3 is 0 Å². The Morgan fingerprint density at radius 1 is 1.21 bits per heavy atom. The number of rotatable bonds is 1. The second-order valence-electron chi connectivity index (χ2n) is 5.63. The molecule has 1 aliphatic rings. The van der Waals surface area contributed by atoms with Crippen LogP contribution < -0.4 is 5.43 Å². The fourth-order valence-electron chi connectivity index (χ4n) is 3.24. The summed E-state index contributed by atoms with van der Waals surface area (Å²) in [4.78, 5) is 15.9. The molecule has 0 radical (unpaired) electrons.